The molecule has 2 aromatic carbocycles. The summed E-state index contributed by atoms with van der Waals surface area (Å²) in [7, 11) is 0. The van der Waals surface area contributed by atoms with Gasteiger partial charge in [0, 0.05) is 0 Å². The number of nitrogens with zero attached hydrogens (tertiary/aromatic N) is 1. The minimum Gasteiger partial charge on any atom is -0.198 e. The molecule has 160 valence electrons. The quantitative estimate of drug-likeness (QED) is 0.365. The molecule has 0 amide bonds. The van der Waals surface area contributed by atoms with Gasteiger partial charge in [0.2, 0.25) is 0 Å². The lowest BCUT2D eigenvalue weighted by atomic mass is 9.67. The molecule has 1 heteroatoms. The first-order valence-electron chi connectivity index (χ1n) is 12.3. The Balaban J connectivity index is 1.54. The van der Waals surface area contributed by atoms with Crippen LogP contribution in [0, 0.1) is 16.7 Å². The summed E-state index contributed by atoms with van der Waals surface area (Å²) >= 11 is 0. The predicted octanol–water partition coefficient (Wildman–Crippen LogP) is 8.83. The Kier molecular flexibility index (Phi) is 8.56. The summed E-state index contributed by atoms with van der Waals surface area (Å²) < 4.78 is 0. The summed E-state index contributed by atoms with van der Waals surface area (Å²) in [6.07, 6.45) is 14.4. The fourth-order valence-electron chi connectivity index (χ4n) is 5.09. The highest BCUT2D eigenvalue weighted by Crippen LogP contribution is 2.45. The Bertz CT molecular complexity index is 786. The molecule has 0 radical (unpaired) electrons. The van der Waals surface area contributed by atoms with Crippen molar-refractivity contribution >= 4 is 0 Å². The monoisotopic (exact) mass is 401 g/mol. The Morgan fingerprint density at radius 3 is 1.97 bits per heavy atom. The number of aryl methyl sites for hydroxylation is 1. The van der Waals surface area contributed by atoms with Crippen molar-refractivity contribution in [1.82, 2.24) is 0 Å². The van der Waals surface area contributed by atoms with Crippen molar-refractivity contribution < 1.29 is 0 Å². The molecule has 0 bridgehead atoms. The topological polar surface area (TPSA) is 23.8 Å². The molecular weight excluding hydrogens is 362 g/mol. The van der Waals surface area contributed by atoms with Gasteiger partial charge in [-0.15, -0.1) is 0 Å². The zero-order valence-electron chi connectivity index (χ0n) is 19.1. The number of rotatable bonds is 10. The van der Waals surface area contributed by atoms with Crippen LogP contribution in [-0.2, 0) is 6.42 Å². The summed E-state index contributed by atoms with van der Waals surface area (Å²) in [6, 6.07) is 21.0. The largest absolute Gasteiger partial charge is 0.198 e. The van der Waals surface area contributed by atoms with Crippen molar-refractivity contribution in [1.29, 1.82) is 5.26 Å². The fraction of sp³-hybridized carbons (Fsp3) is 0.552. The van der Waals surface area contributed by atoms with Gasteiger partial charge in [0.1, 0.15) is 0 Å². The van der Waals surface area contributed by atoms with Crippen LogP contribution in [-0.4, -0.2) is 0 Å². The van der Waals surface area contributed by atoms with E-state index in [9.17, 15) is 5.26 Å². The Labute approximate surface area is 184 Å². The van der Waals surface area contributed by atoms with Crippen LogP contribution in [0.1, 0.15) is 102 Å². The van der Waals surface area contributed by atoms with Gasteiger partial charge in [-0.05, 0) is 66.7 Å². The fourth-order valence-corrected chi connectivity index (χ4v) is 5.09. The van der Waals surface area contributed by atoms with Crippen LogP contribution in [0.4, 0.5) is 0 Å². The minimum absolute atomic E-state index is 0.0527. The lowest BCUT2D eigenvalue weighted by Crippen LogP contribution is -2.25. The molecule has 0 atom stereocenters. The van der Waals surface area contributed by atoms with Crippen molar-refractivity contribution in [2.75, 3.05) is 0 Å². The van der Waals surface area contributed by atoms with Crippen LogP contribution in [0.5, 0.6) is 0 Å². The first-order valence-corrected chi connectivity index (χ1v) is 12.3. The average molecular weight is 402 g/mol. The van der Waals surface area contributed by atoms with Gasteiger partial charge < -0.3 is 0 Å². The van der Waals surface area contributed by atoms with Crippen LogP contribution >= 0.6 is 0 Å². The minimum atomic E-state index is -0.0527. The summed E-state index contributed by atoms with van der Waals surface area (Å²) in [4.78, 5) is 0. The maximum atomic E-state index is 9.87. The number of unbranched alkanes of at least 4 members (excludes halogenated alkanes) is 4. The SMILES string of the molecule is CCCCCCCC1(C#N)CCC(c2ccc(-c3ccc(CCC)cc3)cc2)CC1. The summed E-state index contributed by atoms with van der Waals surface area (Å²) in [5, 5.41) is 9.87. The number of benzene rings is 2. The van der Waals surface area contributed by atoms with Crippen LogP contribution in [0.3, 0.4) is 0 Å². The van der Waals surface area contributed by atoms with Crippen molar-refractivity contribution in [2.24, 2.45) is 5.41 Å². The number of nitriles is 1. The highest BCUT2D eigenvalue weighted by atomic mass is 14.4. The Hall–Kier alpha value is -2.07. The van der Waals surface area contributed by atoms with Crippen LogP contribution < -0.4 is 0 Å². The predicted molar refractivity (Wildman–Crippen MR) is 129 cm³/mol. The molecule has 0 saturated heterocycles. The third kappa shape index (κ3) is 5.98. The smallest absolute Gasteiger partial charge is 0.0689 e. The summed E-state index contributed by atoms with van der Waals surface area (Å²) in [5.74, 6) is 0.618. The third-order valence-corrected chi connectivity index (χ3v) is 7.15. The standard InChI is InChI=1S/C29H39N/c1-3-5-6-7-8-20-29(23-30)21-18-28(19-22-29)27-16-14-26(15-17-27)25-12-10-24(9-4-2)11-13-25/h10-17,28H,3-9,18-22H2,1-2H3. The molecule has 0 aromatic heterocycles. The van der Waals surface area contributed by atoms with Gasteiger partial charge in [-0.25, -0.2) is 0 Å². The molecule has 0 spiro atoms. The molecule has 1 aliphatic rings. The second-order valence-electron chi connectivity index (χ2n) is 9.40. The van der Waals surface area contributed by atoms with Crippen LogP contribution in [0.2, 0.25) is 0 Å². The van der Waals surface area contributed by atoms with Crippen molar-refractivity contribution in [2.45, 2.75) is 96.8 Å². The second-order valence-corrected chi connectivity index (χ2v) is 9.40. The molecule has 3 rings (SSSR count). The molecule has 1 saturated carbocycles. The van der Waals surface area contributed by atoms with E-state index in [0.717, 1.165) is 38.5 Å². The van der Waals surface area contributed by atoms with Gasteiger partial charge in [0.05, 0.1) is 11.5 Å². The number of hydrogen-bond acceptors (Lipinski definition) is 1. The van der Waals surface area contributed by atoms with E-state index < -0.39 is 0 Å². The molecule has 1 aliphatic carbocycles. The van der Waals surface area contributed by atoms with E-state index in [-0.39, 0.29) is 5.41 Å². The maximum absolute atomic E-state index is 9.87. The van der Waals surface area contributed by atoms with Crippen LogP contribution in [0.15, 0.2) is 48.5 Å². The molecule has 2 aromatic rings. The highest BCUT2D eigenvalue weighted by molar-refractivity contribution is 5.64. The molecule has 1 fully saturated rings. The van der Waals surface area contributed by atoms with E-state index in [1.165, 1.54) is 60.8 Å². The molecule has 0 unspecified atom stereocenters. The van der Waals surface area contributed by atoms with Crippen molar-refractivity contribution in [3.8, 4) is 17.2 Å². The molecule has 30 heavy (non-hydrogen) atoms. The lowest BCUT2D eigenvalue weighted by molar-refractivity contribution is 0.223. The zero-order valence-corrected chi connectivity index (χ0v) is 19.1. The van der Waals surface area contributed by atoms with Crippen LogP contribution in [0.25, 0.3) is 11.1 Å². The zero-order chi connectivity index (χ0) is 21.2. The van der Waals surface area contributed by atoms with Crippen molar-refractivity contribution in [3.63, 3.8) is 0 Å². The molecular formula is C29H39N. The number of hydrogen-bond donors (Lipinski definition) is 0. The second kappa shape index (κ2) is 11.4. The van der Waals surface area contributed by atoms with Gasteiger partial charge in [-0.3, -0.25) is 0 Å². The highest BCUT2D eigenvalue weighted by Gasteiger charge is 2.35. The van der Waals surface area contributed by atoms with Gasteiger partial charge in [-0.1, -0.05) is 101 Å². The van der Waals surface area contributed by atoms with Crippen molar-refractivity contribution in [3.05, 3.63) is 59.7 Å². The van der Waals surface area contributed by atoms with Gasteiger partial charge in [0.25, 0.3) is 0 Å². The Morgan fingerprint density at radius 1 is 0.800 bits per heavy atom. The van der Waals surface area contributed by atoms with E-state index in [1.807, 2.05) is 0 Å². The van der Waals surface area contributed by atoms with E-state index in [2.05, 4.69) is 68.4 Å². The Morgan fingerprint density at radius 2 is 1.40 bits per heavy atom. The van der Waals surface area contributed by atoms with Gasteiger partial charge >= 0.3 is 0 Å². The maximum Gasteiger partial charge on any atom is 0.0689 e. The van der Waals surface area contributed by atoms with E-state index in [0.29, 0.717) is 5.92 Å². The molecule has 1 nitrogen and oxygen atoms in total. The first-order chi connectivity index (χ1) is 14.7. The lowest BCUT2D eigenvalue weighted by Gasteiger charge is -2.35. The molecule has 0 N–H and O–H groups in total. The van der Waals surface area contributed by atoms with Gasteiger partial charge in [-0.2, -0.15) is 5.26 Å². The molecule has 0 heterocycles. The third-order valence-electron chi connectivity index (χ3n) is 7.15. The first kappa shape index (κ1) is 22.6. The summed E-state index contributed by atoms with van der Waals surface area (Å²) in [6.45, 7) is 4.49. The summed E-state index contributed by atoms with van der Waals surface area (Å²) in [5.41, 5.74) is 5.43. The van der Waals surface area contributed by atoms with E-state index in [4.69, 9.17) is 0 Å². The normalized spacial score (nSPS) is 21.3. The average Bonchev–Trinajstić information content (AvgIpc) is 2.80. The molecule has 0 aliphatic heterocycles. The van der Waals surface area contributed by atoms with Gasteiger partial charge in [0.15, 0.2) is 0 Å². The van der Waals surface area contributed by atoms with E-state index in [1.54, 1.807) is 0 Å². The van der Waals surface area contributed by atoms with E-state index >= 15 is 0 Å².